The van der Waals surface area contributed by atoms with Crippen LogP contribution < -0.4 is 10.6 Å². The number of benzene rings is 1. The lowest BCUT2D eigenvalue weighted by Gasteiger charge is -2.13. The van der Waals surface area contributed by atoms with E-state index in [1.54, 1.807) is 30.3 Å². The molecule has 0 spiro atoms. The maximum atomic E-state index is 11.6. The molecule has 116 valence electrons. The van der Waals surface area contributed by atoms with Crippen molar-refractivity contribution in [3.8, 4) is 11.3 Å². The van der Waals surface area contributed by atoms with Gasteiger partial charge in [-0.3, -0.25) is 20.2 Å². The van der Waals surface area contributed by atoms with Crippen molar-refractivity contribution in [2.45, 2.75) is 0 Å². The Morgan fingerprint density at radius 2 is 1.52 bits per heavy atom. The van der Waals surface area contributed by atoms with Crippen molar-refractivity contribution in [1.82, 2.24) is 10.6 Å². The van der Waals surface area contributed by atoms with Gasteiger partial charge in [0.15, 0.2) is 0 Å². The minimum Gasteiger partial charge on any atom is -0.457 e. The molecule has 1 aromatic heterocycles. The van der Waals surface area contributed by atoms with E-state index in [1.807, 2.05) is 10.6 Å². The number of amides is 4. The van der Waals surface area contributed by atoms with Gasteiger partial charge >= 0.3 is 6.03 Å². The van der Waals surface area contributed by atoms with E-state index in [4.69, 9.17) is 27.6 Å². The Bertz CT molecular complexity index is 828. The van der Waals surface area contributed by atoms with Gasteiger partial charge in [-0.25, -0.2) is 4.79 Å². The van der Waals surface area contributed by atoms with E-state index in [2.05, 4.69) is 0 Å². The molecule has 4 amide bonds. The van der Waals surface area contributed by atoms with Crippen molar-refractivity contribution in [2.24, 2.45) is 0 Å². The minimum atomic E-state index is -0.856. The monoisotopic (exact) mass is 350 g/mol. The van der Waals surface area contributed by atoms with Crippen LogP contribution in [0.3, 0.4) is 0 Å². The van der Waals surface area contributed by atoms with E-state index in [1.165, 1.54) is 6.08 Å². The Kier molecular flexibility index (Phi) is 3.94. The first kappa shape index (κ1) is 15.3. The van der Waals surface area contributed by atoms with Crippen LogP contribution in [-0.2, 0) is 9.59 Å². The highest BCUT2D eigenvalue weighted by atomic mass is 35.5. The molecular formula is C15H8Cl2N2O4. The zero-order valence-corrected chi connectivity index (χ0v) is 12.9. The lowest BCUT2D eigenvalue weighted by molar-refractivity contribution is -0.123. The van der Waals surface area contributed by atoms with Crippen molar-refractivity contribution in [1.29, 1.82) is 0 Å². The normalized spacial score (nSPS) is 14.5. The average Bonchev–Trinajstić information content (AvgIpc) is 2.90. The highest BCUT2D eigenvalue weighted by Crippen LogP contribution is 2.29. The number of carbonyl (C=O) groups is 3. The highest BCUT2D eigenvalue weighted by molar-refractivity contribution is 6.35. The largest absolute Gasteiger partial charge is 0.457 e. The fourth-order valence-electron chi connectivity index (χ4n) is 2.03. The molecule has 2 heterocycles. The summed E-state index contributed by atoms with van der Waals surface area (Å²) in [5.41, 5.74) is 0.425. The summed E-state index contributed by atoms with van der Waals surface area (Å²) < 4.78 is 5.57. The Hall–Kier alpha value is -2.57. The van der Waals surface area contributed by atoms with Crippen LogP contribution in [-0.4, -0.2) is 17.8 Å². The lowest BCUT2D eigenvalue weighted by Crippen LogP contribution is -2.51. The number of imide groups is 2. The van der Waals surface area contributed by atoms with Gasteiger partial charge in [-0.1, -0.05) is 23.2 Å². The maximum Gasteiger partial charge on any atom is 0.328 e. The molecule has 0 atom stereocenters. The molecule has 0 unspecified atom stereocenters. The summed E-state index contributed by atoms with van der Waals surface area (Å²) in [5, 5.41) is 4.86. The minimum absolute atomic E-state index is 0.227. The maximum absolute atomic E-state index is 11.6. The van der Waals surface area contributed by atoms with Crippen molar-refractivity contribution in [3.05, 3.63) is 51.7 Å². The molecule has 1 fully saturated rings. The Morgan fingerprint density at radius 1 is 0.913 bits per heavy atom. The number of hydrogen-bond acceptors (Lipinski definition) is 4. The second-order valence-corrected chi connectivity index (χ2v) is 5.53. The molecule has 1 saturated heterocycles. The SMILES string of the molecule is O=C1NC(=O)C(=Cc2ccc(-c3cc(Cl)cc(Cl)c3)o2)C(=O)N1. The van der Waals surface area contributed by atoms with E-state index in [9.17, 15) is 14.4 Å². The van der Waals surface area contributed by atoms with Gasteiger partial charge in [-0.05, 0) is 36.4 Å². The van der Waals surface area contributed by atoms with Crippen LogP contribution in [0, 0.1) is 0 Å². The number of halogens is 2. The van der Waals surface area contributed by atoms with Crippen molar-refractivity contribution < 1.29 is 18.8 Å². The molecule has 6 nitrogen and oxygen atoms in total. The van der Waals surface area contributed by atoms with Gasteiger partial charge in [-0.2, -0.15) is 0 Å². The van der Waals surface area contributed by atoms with E-state index in [0.29, 0.717) is 21.4 Å². The molecule has 0 radical (unpaired) electrons. The van der Waals surface area contributed by atoms with Crippen LogP contribution in [0.2, 0.25) is 10.0 Å². The number of carbonyl (C=O) groups excluding carboxylic acids is 3. The predicted octanol–water partition coefficient (Wildman–Crippen LogP) is 3.00. The summed E-state index contributed by atoms with van der Waals surface area (Å²) in [7, 11) is 0. The number of nitrogens with one attached hydrogen (secondary N) is 2. The molecule has 0 aliphatic carbocycles. The number of furan rings is 1. The van der Waals surface area contributed by atoms with E-state index < -0.39 is 17.8 Å². The topological polar surface area (TPSA) is 88.4 Å². The van der Waals surface area contributed by atoms with Crippen LogP contribution in [0.4, 0.5) is 4.79 Å². The van der Waals surface area contributed by atoms with Gasteiger partial charge in [-0.15, -0.1) is 0 Å². The summed E-state index contributed by atoms with van der Waals surface area (Å²) >= 11 is 11.9. The molecule has 3 rings (SSSR count). The predicted molar refractivity (Wildman–Crippen MR) is 83.8 cm³/mol. The first-order valence-corrected chi connectivity index (χ1v) is 7.12. The van der Waals surface area contributed by atoms with Gasteiger partial charge in [0.25, 0.3) is 11.8 Å². The van der Waals surface area contributed by atoms with Crippen LogP contribution >= 0.6 is 23.2 Å². The van der Waals surface area contributed by atoms with Crippen LogP contribution in [0.25, 0.3) is 17.4 Å². The summed E-state index contributed by atoms with van der Waals surface area (Å²) in [6.45, 7) is 0. The van der Waals surface area contributed by atoms with Crippen LogP contribution in [0.15, 0.2) is 40.3 Å². The van der Waals surface area contributed by atoms with Gasteiger partial charge < -0.3 is 4.42 Å². The zero-order chi connectivity index (χ0) is 16.6. The smallest absolute Gasteiger partial charge is 0.328 e. The number of barbiturate groups is 1. The molecule has 0 saturated carbocycles. The summed E-state index contributed by atoms with van der Waals surface area (Å²) in [4.78, 5) is 34.3. The van der Waals surface area contributed by atoms with Gasteiger partial charge in [0.2, 0.25) is 0 Å². The molecule has 1 aliphatic rings. The second-order valence-electron chi connectivity index (χ2n) is 4.66. The molecule has 2 N–H and O–H groups in total. The molecular weight excluding hydrogens is 343 g/mol. The zero-order valence-electron chi connectivity index (χ0n) is 11.4. The van der Waals surface area contributed by atoms with Crippen molar-refractivity contribution in [3.63, 3.8) is 0 Å². The van der Waals surface area contributed by atoms with E-state index >= 15 is 0 Å². The standard InChI is InChI=1S/C15H8Cl2N2O4/c16-8-3-7(4-9(17)5-8)12-2-1-10(23-12)6-11-13(20)18-15(22)19-14(11)21/h1-6H,(H2,18,19,20,21,22). The van der Waals surface area contributed by atoms with E-state index in [-0.39, 0.29) is 11.3 Å². The quantitative estimate of drug-likeness (QED) is 0.643. The molecule has 1 aliphatic heterocycles. The molecule has 8 heteroatoms. The average molecular weight is 351 g/mol. The molecule has 2 aromatic rings. The third-order valence-electron chi connectivity index (χ3n) is 3.00. The van der Waals surface area contributed by atoms with Gasteiger partial charge in [0.05, 0.1) is 0 Å². The van der Waals surface area contributed by atoms with Crippen molar-refractivity contribution >= 4 is 47.1 Å². The third-order valence-corrected chi connectivity index (χ3v) is 3.44. The summed E-state index contributed by atoms with van der Waals surface area (Å²) in [6.07, 6.45) is 1.24. The molecule has 0 bridgehead atoms. The Labute approximate surface area is 140 Å². The first-order chi connectivity index (χ1) is 10.9. The fourth-order valence-corrected chi connectivity index (χ4v) is 2.56. The molecule has 1 aromatic carbocycles. The Morgan fingerprint density at radius 3 is 2.13 bits per heavy atom. The van der Waals surface area contributed by atoms with Crippen LogP contribution in [0.5, 0.6) is 0 Å². The lowest BCUT2D eigenvalue weighted by atomic mass is 10.1. The van der Waals surface area contributed by atoms with Gasteiger partial charge in [0, 0.05) is 15.6 Å². The fraction of sp³-hybridized carbons (Fsp3) is 0. The highest BCUT2D eigenvalue weighted by Gasteiger charge is 2.28. The van der Waals surface area contributed by atoms with Gasteiger partial charge in [0.1, 0.15) is 17.1 Å². The number of rotatable bonds is 2. The first-order valence-electron chi connectivity index (χ1n) is 6.37. The number of urea groups is 1. The van der Waals surface area contributed by atoms with Crippen LogP contribution in [0.1, 0.15) is 5.76 Å². The summed E-state index contributed by atoms with van der Waals surface area (Å²) in [5.74, 6) is -0.843. The summed E-state index contributed by atoms with van der Waals surface area (Å²) in [6, 6.07) is 7.30. The molecule has 23 heavy (non-hydrogen) atoms. The number of hydrogen-bond donors (Lipinski definition) is 2. The van der Waals surface area contributed by atoms with Crippen molar-refractivity contribution in [2.75, 3.05) is 0 Å². The Balaban J connectivity index is 1.93. The van der Waals surface area contributed by atoms with E-state index in [0.717, 1.165) is 0 Å². The second kappa shape index (κ2) is 5.91. The third kappa shape index (κ3) is 3.28.